The first-order chi connectivity index (χ1) is 7.54. The molecule has 1 aromatic carbocycles. The zero-order valence-corrected chi connectivity index (χ0v) is 11.1. The Hall–Kier alpha value is -1.02. The van der Waals surface area contributed by atoms with E-state index in [9.17, 15) is 0 Å². The van der Waals surface area contributed by atoms with Gasteiger partial charge in [-0.3, -0.25) is 0 Å². The molecule has 0 aliphatic carbocycles. The number of ether oxygens (including phenoxy) is 1. The Kier molecular flexibility index (Phi) is 4.81. The minimum atomic E-state index is 1.06. The van der Waals surface area contributed by atoms with E-state index in [2.05, 4.69) is 45.0 Å². The summed E-state index contributed by atoms with van der Waals surface area (Å²) in [6, 6.07) is 4.41. The molecule has 1 aromatic rings. The van der Waals surface area contributed by atoms with E-state index in [0.717, 1.165) is 18.7 Å². The van der Waals surface area contributed by atoms with Crippen molar-refractivity contribution < 1.29 is 4.74 Å². The Morgan fingerprint density at radius 2 is 1.88 bits per heavy atom. The quantitative estimate of drug-likeness (QED) is 0.758. The van der Waals surface area contributed by atoms with E-state index >= 15 is 0 Å². The maximum Gasteiger partial charge on any atom is 0.124 e. The van der Waals surface area contributed by atoms with Crippen molar-refractivity contribution in [2.75, 3.05) is 27.7 Å². The van der Waals surface area contributed by atoms with Crippen molar-refractivity contribution in [3.63, 3.8) is 0 Å². The van der Waals surface area contributed by atoms with Gasteiger partial charge in [-0.25, -0.2) is 0 Å². The number of nitrogens with zero attached hydrogens (tertiary/aromatic N) is 1. The fourth-order valence-electron chi connectivity index (χ4n) is 2.11. The third kappa shape index (κ3) is 3.53. The Balaban J connectivity index is 2.77. The fourth-order valence-corrected chi connectivity index (χ4v) is 2.11. The maximum absolute atomic E-state index is 5.48. The molecule has 0 atom stereocenters. The molecule has 16 heavy (non-hydrogen) atoms. The molecule has 0 fully saturated rings. The van der Waals surface area contributed by atoms with Crippen LogP contribution in [-0.4, -0.2) is 32.6 Å². The zero-order chi connectivity index (χ0) is 12.1. The summed E-state index contributed by atoms with van der Waals surface area (Å²) in [6.45, 7) is 5.37. The van der Waals surface area contributed by atoms with Crippen LogP contribution in [0.25, 0.3) is 0 Å². The Morgan fingerprint density at radius 1 is 1.19 bits per heavy atom. The molecule has 90 valence electrons. The summed E-state index contributed by atoms with van der Waals surface area (Å²) in [5.41, 5.74) is 3.89. The van der Waals surface area contributed by atoms with Gasteiger partial charge in [0.05, 0.1) is 7.11 Å². The normalized spacial score (nSPS) is 10.9. The van der Waals surface area contributed by atoms with Crippen molar-refractivity contribution in [2.24, 2.45) is 0 Å². The van der Waals surface area contributed by atoms with Gasteiger partial charge in [0.25, 0.3) is 0 Å². The van der Waals surface area contributed by atoms with Crippen molar-refractivity contribution in [1.29, 1.82) is 0 Å². The van der Waals surface area contributed by atoms with Gasteiger partial charge in [-0.1, -0.05) is 17.7 Å². The smallest absolute Gasteiger partial charge is 0.124 e. The molecule has 0 aromatic heterocycles. The van der Waals surface area contributed by atoms with Crippen LogP contribution in [0.5, 0.6) is 5.75 Å². The number of methoxy groups -OCH3 is 1. The first-order valence-electron chi connectivity index (χ1n) is 5.83. The first-order valence-corrected chi connectivity index (χ1v) is 5.83. The maximum atomic E-state index is 5.48. The van der Waals surface area contributed by atoms with Crippen molar-refractivity contribution in [3.8, 4) is 5.75 Å². The third-order valence-electron chi connectivity index (χ3n) is 2.75. The Bertz CT molecular complexity index is 345. The fraction of sp³-hybridized carbons (Fsp3) is 0.571. The highest BCUT2D eigenvalue weighted by Gasteiger charge is 2.07. The van der Waals surface area contributed by atoms with Crippen LogP contribution in [0.1, 0.15) is 23.1 Å². The highest BCUT2D eigenvalue weighted by atomic mass is 16.5. The first kappa shape index (κ1) is 13.0. The molecular weight excluding hydrogens is 198 g/mol. The molecule has 0 unspecified atom stereocenters. The molecule has 2 heteroatoms. The van der Waals surface area contributed by atoms with Gasteiger partial charge in [0, 0.05) is 0 Å². The highest BCUT2D eigenvalue weighted by Crippen LogP contribution is 2.26. The number of hydrogen-bond donors (Lipinski definition) is 0. The van der Waals surface area contributed by atoms with Crippen LogP contribution < -0.4 is 4.74 Å². The molecular formula is C14H23NO. The third-order valence-corrected chi connectivity index (χ3v) is 2.75. The van der Waals surface area contributed by atoms with Gasteiger partial charge < -0.3 is 9.64 Å². The lowest BCUT2D eigenvalue weighted by molar-refractivity contribution is 0.389. The van der Waals surface area contributed by atoms with E-state index in [4.69, 9.17) is 4.74 Å². The van der Waals surface area contributed by atoms with Crippen LogP contribution in [0.2, 0.25) is 0 Å². The lowest BCUT2D eigenvalue weighted by atomic mass is 10.0. The van der Waals surface area contributed by atoms with Gasteiger partial charge in [0.1, 0.15) is 5.75 Å². The molecule has 0 N–H and O–H groups in total. The van der Waals surface area contributed by atoms with Crippen molar-refractivity contribution >= 4 is 0 Å². The van der Waals surface area contributed by atoms with E-state index in [1.54, 1.807) is 7.11 Å². The minimum absolute atomic E-state index is 1.06. The topological polar surface area (TPSA) is 12.5 Å². The summed E-state index contributed by atoms with van der Waals surface area (Å²) in [4.78, 5) is 2.22. The zero-order valence-electron chi connectivity index (χ0n) is 11.1. The SMILES string of the molecule is COc1c(C)cc(C)cc1CCCN(C)C. The number of rotatable bonds is 5. The van der Waals surface area contributed by atoms with Crippen LogP contribution in [0.3, 0.4) is 0 Å². The molecule has 0 saturated heterocycles. The second-order valence-electron chi connectivity index (χ2n) is 4.68. The van der Waals surface area contributed by atoms with Gasteiger partial charge in [-0.2, -0.15) is 0 Å². The largest absolute Gasteiger partial charge is 0.496 e. The van der Waals surface area contributed by atoms with Crippen LogP contribution in [0, 0.1) is 13.8 Å². The van der Waals surface area contributed by atoms with Crippen LogP contribution >= 0.6 is 0 Å². The minimum Gasteiger partial charge on any atom is -0.496 e. The van der Waals surface area contributed by atoms with Crippen molar-refractivity contribution in [3.05, 3.63) is 28.8 Å². The summed E-state index contributed by atoms with van der Waals surface area (Å²) in [5.74, 6) is 1.06. The Labute approximate surface area is 99.2 Å². The standard InChI is InChI=1S/C14H23NO/c1-11-9-12(2)14(16-5)13(10-11)7-6-8-15(3)4/h9-10H,6-8H2,1-5H3. The predicted octanol–water partition coefficient (Wildman–Crippen LogP) is 2.81. The van der Waals surface area contributed by atoms with E-state index in [0.29, 0.717) is 0 Å². The molecule has 2 nitrogen and oxygen atoms in total. The summed E-state index contributed by atoms with van der Waals surface area (Å²) in [7, 11) is 5.98. The van der Waals surface area contributed by atoms with Crippen molar-refractivity contribution in [2.45, 2.75) is 26.7 Å². The van der Waals surface area contributed by atoms with E-state index in [-0.39, 0.29) is 0 Å². The van der Waals surface area contributed by atoms with Gasteiger partial charge >= 0.3 is 0 Å². The second-order valence-corrected chi connectivity index (χ2v) is 4.68. The summed E-state index contributed by atoms with van der Waals surface area (Å²) in [6.07, 6.45) is 2.26. The lowest BCUT2D eigenvalue weighted by Crippen LogP contribution is -2.13. The average Bonchev–Trinajstić information content (AvgIpc) is 2.16. The van der Waals surface area contributed by atoms with E-state index in [1.807, 2.05) is 0 Å². The molecule has 0 spiro atoms. The Morgan fingerprint density at radius 3 is 2.44 bits per heavy atom. The number of hydrogen-bond acceptors (Lipinski definition) is 2. The molecule has 0 heterocycles. The van der Waals surface area contributed by atoms with Gasteiger partial charge in [0.2, 0.25) is 0 Å². The molecule has 0 aliphatic heterocycles. The molecule has 0 amide bonds. The van der Waals surface area contributed by atoms with Gasteiger partial charge in [-0.15, -0.1) is 0 Å². The average molecular weight is 221 g/mol. The van der Waals surface area contributed by atoms with E-state index in [1.165, 1.54) is 23.1 Å². The summed E-state index contributed by atoms with van der Waals surface area (Å²) in [5, 5.41) is 0. The van der Waals surface area contributed by atoms with E-state index < -0.39 is 0 Å². The number of benzene rings is 1. The highest BCUT2D eigenvalue weighted by molar-refractivity contribution is 5.43. The van der Waals surface area contributed by atoms with Crippen molar-refractivity contribution in [1.82, 2.24) is 4.90 Å². The van der Waals surface area contributed by atoms with Crippen LogP contribution in [-0.2, 0) is 6.42 Å². The molecule has 0 saturated carbocycles. The summed E-state index contributed by atoms with van der Waals surface area (Å²) < 4.78 is 5.48. The molecule has 0 radical (unpaired) electrons. The van der Waals surface area contributed by atoms with Gasteiger partial charge in [-0.05, 0) is 58.5 Å². The lowest BCUT2D eigenvalue weighted by Gasteiger charge is -2.14. The summed E-state index contributed by atoms with van der Waals surface area (Å²) >= 11 is 0. The van der Waals surface area contributed by atoms with Gasteiger partial charge in [0.15, 0.2) is 0 Å². The molecule has 1 rings (SSSR count). The predicted molar refractivity (Wildman–Crippen MR) is 69.3 cm³/mol. The monoisotopic (exact) mass is 221 g/mol. The second kappa shape index (κ2) is 5.90. The number of aryl methyl sites for hydroxylation is 3. The molecule has 0 aliphatic rings. The molecule has 0 bridgehead atoms. The van der Waals surface area contributed by atoms with Crippen LogP contribution in [0.4, 0.5) is 0 Å². The van der Waals surface area contributed by atoms with Crippen LogP contribution in [0.15, 0.2) is 12.1 Å².